The van der Waals surface area contributed by atoms with Gasteiger partial charge in [-0.25, -0.2) is 0 Å². The van der Waals surface area contributed by atoms with Gasteiger partial charge in [0.25, 0.3) is 5.91 Å². The van der Waals surface area contributed by atoms with Crippen LogP contribution in [0.4, 0.5) is 5.13 Å². The summed E-state index contributed by atoms with van der Waals surface area (Å²) in [5.41, 5.74) is 2.12. The Morgan fingerprint density at radius 3 is 2.75 bits per heavy atom. The molecule has 8 heteroatoms. The zero-order valence-corrected chi connectivity index (χ0v) is 17.9. The quantitative estimate of drug-likeness (QED) is 0.370. The summed E-state index contributed by atoms with van der Waals surface area (Å²) in [5, 5.41) is 12.1. The molecule has 1 aromatic heterocycles. The zero-order chi connectivity index (χ0) is 19.9. The number of nitrogens with zero attached hydrogens (tertiary/aromatic N) is 2. The lowest BCUT2D eigenvalue weighted by Crippen LogP contribution is -2.32. The lowest BCUT2D eigenvalue weighted by Gasteiger charge is -2.16. The Morgan fingerprint density at radius 2 is 2.04 bits per heavy atom. The Morgan fingerprint density at radius 1 is 1.25 bits per heavy atom. The third-order valence-corrected chi connectivity index (χ3v) is 6.38. The Kier molecular flexibility index (Phi) is 7.30. The van der Waals surface area contributed by atoms with Crippen LogP contribution in [0.25, 0.3) is 0 Å². The van der Waals surface area contributed by atoms with Gasteiger partial charge in [0.1, 0.15) is 5.75 Å². The van der Waals surface area contributed by atoms with Gasteiger partial charge in [-0.1, -0.05) is 72.0 Å². The minimum Gasteiger partial charge on any atom is -0.481 e. The van der Waals surface area contributed by atoms with Gasteiger partial charge in [0.05, 0.1) is 0 Å². The molecule has 0 saturated heterocycles. The topological polar surface area (TPSA) is 64.1 Å². The van der Waals surface area contributed by atoms with E-state index in [-0.39, 0.29) is 5.91 Å². The summed E-state index contributed by atoms with van der Waals surface area (Å²) < 4.78 is 6.63. The third kappa shape index (κ3) is 5.70. The molecule has 2 aromatic carbocycles. The zero-order valence-electron chi connectivity index (χ0n) is 15.5. The van der Waals surface area contributed by atoms with Crippen molar-refractivity contribution in [1.82, 2.24) is 10.2 Å². The van der Waals surface area contributed by atoms with E-state index in [9.17, 15) is 4.79 Å². The van der Waals surface area contributed by atoms with Crippen molar-refractivity contribution in [1.29, 1.82) is 0 Å². The second kappa shape index (κ2) is 9.91. The molecule has 1 amide bonds. The molecule has 0 fully saturated rings. The van der Waals surface area contributed by atoms with E-state index in [2.05, 4.69) is 27.6 Å². The highest BCUT2D eigenvalue weighted by atomic mass is 35.5. The Hall–Kier alpha value is -2.09. The number of aromatic nitrogens is 2. The minimum atomic E-state index is -0.620. The molecule has 1 atom stereocenters. The number of hydrogen-bond donors (Lipinski definition) is 1. The monoisotopic (exact) mass is 433 g/mol. The first-order chi connectivity index (χ1) is 13.5. The predicted octanol–water partition coefficient (Wildman–Crippen LogP) is 5.59. The maximum atomic E-state index is 12.6. The Balaban J connectivity index is 1.56. The molecule has 28 heavy (non-hydrogen) atoms. The number of aryl methyl sites for hydroxylation is 1. The fourth-order valence-electron chi connectivity index (χ4n) is 2.40. The van der Waals surface area contributed by atoms with Gasteiger partial charge < -0.3 is 4.74 Å². The normalized spacial score (nSPS) is 11.8. The van der Waals surface area contributed by atoms with Gasteiger partial charge in [0.2, 0.25) is 5.13 Å². The van der Waals surface area contributed by atoms with Gasteiger partial charge >= 0.3 is 0 Å². The van der Waals surface area contributed by atoms with Crippen LogP contribution in [-0.2, 0) is 10.5 Å². The van der Waals surface area contributed by atoms with Crippen molar-refractivity contribution in [3.8, 4) is 5.75 Å². The molecule has 0 aliphatic rings. The number of benzene rings is 2. The van der Waals surface area contributed by atoms with Crippen LogP contribution >= 0.6 is 34.7 Å². The van der Waals surface area contributed by atoms with Crippen molar-refractivity contribution < 1.29 is 9.53 Å². The van der Waals surface area contributed by atoms with E-state index in [1.165, 1.54) is 16.9 Å². The molecule has 0 saturated carbocycles. The number of halogens is 1. The van der Waals surface area contributed by atoms with Crippen LogP contribution in [0.2, 0.25) is 5.02 Å². The van der Waals surface area contributed by atoms with Crippen molar-refractivity contribution >= 4 is 45.7 Å². The summed E-state index contributed by atoms with van der Waals surface area (Å²) in [6.07, 6.45) is -0.0908. The van der Waals surface area contributed by atoms with Crippen LogP contribution in [0.15, 0.2) is 52.9 Å². The number of thioether (sulfide) groups is 1. The van der Waals surface area contributed by atoms with Crippen molar-refractivity contribution in [2.75, 3.05) is 5.32 Å². The lowest BCUT2D eigenvalue weighted by atomic mass is 10.2. The van der Waals surface area contributed by atoms with Gasteiger partial charge in [-0.2, -0.15) is 0 Å². The van der Waals surface area contributed by atoms with Crippen LogP contribution in [0.3, 0.4) is 0 Å². The largest absolute Gasteiger partial charge is 0.481 e. The molecular weight excluding hydrogens is 414 g/mol. The molecule has 0 aliphatic heterocycles. The maximum absolute atomic E-state index is 12.6. The van der Waals surface area contributed by atoms with E-state index >= 15 is 0 Å². The molecule has 0 bridgehead atoms. The van der Waals surface area contributed by atoms with E-state index in [1.807, 2.05) is 38.1 Å². The molecule has 1 N–H and O–H groups in total. The van der Waals surface area contributed by atoms with E-state index in [1.54, 1.807) is 23.9 Å². The number of carbonyl (C=O) groups is 1. The second-order valence-electron chi connectivity index (χ2n) is 6.06. The second-order valence-corrected chi connectivity index (χ2v) is 8.67. The first kappa shape index (κ1) is 20.6. The van der Waals surface area contributed by atoms with Gasteiger partial charge in [0, 0.05) is 10.8 Å². The van der Waals surface area contributed by atoms with Gasteiger partial charge in [0.15, 0.2) is 10.4 Å². The molecular formula is C20H20ClN3O2S2. The van der Waals surface area contributed by atoms with Crippen LogP contribution in [0.1, 0.15) is 24.5 Å². The third-order valence-electron chi connectivity index (χ3n) is 3.91. The van der Waals surface area contributed by atoms with Gasteiger partial charge in [-0.05, 0) is 42.7 Å². The van der Waals surface area contributed by atoms with E-state index < -0.39 is 6.10 Å². The maximum Gasteiger partial charge on any atom is 0.267 e. The van der Waals surface area contributed by atoms with Gasteiger partial charge in [-0.3, -0.25) is 10.1 Å². The fourth-order valence-corrected chi connectivity index (χ4v) is 4.23. The van der Waals surface area contributed by atoms with Crippen molar-refractivity contribution in [2.24, 2.45) is 0 Å². The molecule has 3 rings (SSSR count). The first-order valence-corrected chi connectivity index (χ1v) is 11.0. The standard InChI is InChI=1S/C20H20ClN3O2S2/c1-3-17(26-15-9-10-16(21)13(2)11-15)18(25)22-19-23-24-20(28-19)27-12-14-7-5-4-6-8-14/h4-11,17H,3,12H2,1-2H3,(H,22,23,25)/t17-/m0/s1. The molecule has 146 valence electrons. The van der Waals surface area contributed by atoms with Crippen LogP contribution < -0.4 is 10.1 Å². The highest BCUT2D eigenvalue weighted by Gasteiger charge is 2.20. The molecule has 0 aliphatic carbocycles. The summed E-state index contributed by atoms with van der Waals surface area (Å²) in [5.74, 6) is 1.17. The Labute approximate surface area is 177 Å². The number of rotatable bonds is 8. The van der Waals surface area contributed by atoms with Crippen LogP contribution in [0, 0.1) is 6.92 Å². The Bertz CT molecular complexity index is 934. The summed E-state index contributed by atoms with van der Waals surface area (Å²) in [6.45, 7) is 3.79. The average molecular weight is 434 g/mol. The van der Waals surface area contributed by atoms with Crippen molar-refractivity contribution in [2.45, 2.75) is 36.5 Å². The van der Waals surface area contributed by atoms with E-state index in [4.69, 9.17) is 16.3 Å². The number of hydrogen-bond acceptors (Lipinski definition) is 6. The van der Waals surface area contributed by atoms with E-state index in [0.717, 1.165) is 15.7 Å². The summed E-state index contributed by atoms with van der Waals surface area (Å²) >= 11 is 8.98. The lowest BCUT2D eigenvalue weighted by molar-refractivity contribution is -0.122. The highest BCUT2D eigenvalue weighted by molar-refractivity contribution is 8.00. The molecule has 0 unspecified atom stereocenters. The molecule has 5 nitrogen and oxygen atoms in total. The SMILES string of the molecule is CC[C@H](Oc1ccc(Cl)c(C)c1)C(=O)Nc1nnc(SCc2ccccc2)s1. The number of carbonyl (C=O) groups excluding carboxylic acids is 1. The van der Waals surface area contributed by atoms with Crippen molar-refractivity contribution in [3.05, 3.63) is 64.7 Å². The summed E-state index contributed by atoms with van der Waals surface area (Å²) in [4.78, 5) is 12.6. The fraction of sp³-hybridized carbons (Fsp3) is 0.250. The van der Waals surface area contributed by atoms with E-state index in [0.29, 0.717) is 22.3 Å². The number of ether oxygens (including phenoxy) is 1. The predicted molar refractivity (Wildman–Crippen MR) is 115 cm³/mol. The summed E-state index contributed by atoms with van der Waals surface area (Å²) in [6, 6.07) is 15.5. The number of nitrogens with one attached hydrogen (secondary N) is 1. The average Bonchev–Trinajstić information content (AvgIpc) is 3.15. The molecule has 0 spiro atoms. The molecule has 3 aromatic rings. The minimum absolute atomic E-state index is 0.245. The van der Waals surface area contributed by atoms with Crippen LogP contribution in [0.5, 0.6) is 5.75 Å². The molecule has 1 heterocycles. The highest BCUT2D eigenvalue weighted by Crippen LogP contribution is 2.28. The number of anilines is 1. The summed E-state index contributed by atoms with van der Waals surface area (Å²) in [7, 11) is 0. The number of amides is 1. The molecule has 0 radical (unpaired) electrons. The van der Waals surface area contributed by atoms with Crippen LogP contribution in [-0.4, -0.2) is 22.2 Å². The van der Waals surface area contributed by atoms with Crippen molar-refractivity contribution in [3.63, 3.8) is 0 Å². The van der Waals surface area contributed by atoms with Gasteiger partial charge in [-0.15, -0.1) is 10.2 Å². The smallest absolute Gasteiger partial charge is 0.267 e. The first-order valence-electron chi connectivity index (χ1n) is 8.79.